The highest BCUT2D eigenvalue weighted by Gasteiger charge is 2.28. The molecule has 0 fully saturated rings. The van der Waals surface area contributed by atoms with E-state index in [4.69, 9.17) is 9.47 Å². The van der Waals surface area contributed by atoms with Crippen molar-refractivity contribution < 1.29 is 23.9 Å². The Hall–Kier alpha value is -3.09. The summed E-state index contributed by atoms with van der Waals surface area (Å²) >= 11 is 0. The molecule has 7 heteroatoms. The molecule has 0 atom stereocenters. The normalized spacial score (nSPS) is 10.9. The first-order chi connectivity index (χ1) is 15.1. The number of carbonyl (C=O) groups is 3. The summed E-state index contributed by atoms with van der Waals surface area (Å²) in [5.74, 6) is 0.0702. The van der Waals surface area contributed by atoms with E-state index < -0.39 is 5.97 Å². The minimum atomic E-state index is -0.459. The molecule has 0 radical (unpaired) electrons. The van der Waals surface area contributed by atoms with Crippen LogP contribution in [0.3, 0.4) is 0 Å². The molecule has 0 unspecified atom stereocenters. The van der Waals surface area contributed by atoms with E-state index in [2.05, 4.69) is 13.8 Å². The number of ether oxygens (including phenoxy) is 2. The van der Waals surface area contributed by atoms with Gasteiger partial charge in [-0.2, -0.15) is 0 Å². The lowest BCUT2D eigenvalue weighted by Crippen LogP contribution is -2.37. The molecule has 1 amide bonds. The van der Waals surface area contributed by atoms with Crippen molar-refractivity contribution in [3.8, 4) is 5.75 Å². The van der Waals surface area contributed by atoms with Crippen LogP contribution in [0.4, 0.5) is 0 Å². The summed E-state index contributed by atoms with van der Waals surface area (Å²) in [6.07, 6.45) is 0.768. The monoisotopic (exact) mass is 442 g/mol. The van der Waals surface area contributed by atoms with E-state index in [-0.39, 0.29) is 24.8 Å². The van der Waals surface area contributed by atoms with E-state index in [0.29, 0.717) is 46.3 Å². The van der Waals surface area contributed by atoms with Gasteiger partial charge in [0.25, 0.3) is 5.91 Å². The van der Waals surface area contributed by atoms with Gasteiger partial charge in [0.05, 0.1) is 20.3 Å². The standard InChI is InChI=1S/C25H34N2O5/c1-8-32-25(30)23-17(4)22(18(5)26(23)6)21(28)15-27(13-12-16(2)3)24(29)19-10-9-11-20(14-19)31-7/h9-11,14,16H,8,12-13,15H2,1-7H3. The molecule has 0 aliphatic carbocycles. The maximum absolute atomic E-state index is 13.4. The van der Waals surface area contributed by atoms with Crippen molar-refractivity contribution in [1.29, 1.82) is 0 Å². The number of aromatic nitrogens is 1. The first-order valence-electron chi connectivity index (χ1n) is 10.9. The van der Waals surface area contributed by atoms with Crippen molar-refractivity contribution in [2.24, 2.45) is 13.0 Å². The number of methoxy groups -OCH3 is 1. The molecule has 0 spiro atoms. The Morgan fingerprint density at radius 1 is 1.16 bits per heavy atom. The van der Waals surface area contributed by atoms with Crippen molar-refractivity contribution in [3.05, 3.63) is 52.3 Å². The van der Waals surface area contributed by atoms with Crippen LogP contribution < -0.4 is 4.74 Å². The van der Waals surface area contributed by atoms with Crippen molar-refractivity contribution in [1.82, 2.24) is 9.47 Å². The third-order valence-electron chi connectivity index (χ3n) is 5.59. The summed E-state index contributed by atoms with van der Waals surface area (Å²) < 4.78 is 12.1. The summed E-state index contributed by atoms with van der Waals surface area (Å²) in [5.41, 5.74) is 2.54. The van der Waals surface area contributed by atoms with Crippen LogP contribution >= 0.6 is 0 Å². The van der Waals surface area contributed by atoms with Crippen LogP contribution in [-0.4, -0.2) is 53.9 Å². The van der Waals surface area contributed by atoms with Crippen LogP contribution in [0.25, 0.3) is 0 Å². The number of nitrogens with zero attached hydrogens (tertiary/aromatic N) is 2. The predicted molar refractivity (Wildman–Crippen MR) is 124 cm³/mol. The molecular formula is C25H34N2O5. The Kier molecular flexibility index (Phi) is 8.63. The van der Waals surface area contributed by atoms with Gasteiger partial charge in [-0.1, -0.05) is 19.9 Å². The van der Waals surface area contributed by atoms with Crippen molar-refractivity contribution in [3.63, 3.8) is 0 Å². The van der Waals surface area contributed by atoms with E-state index >= 15 is 0 Å². The third-order valence-corrected chi connectivity index (χ3v) is 5.59. The number of hydrogen-bond donors (Lipinski definition) is 0. The lowest BCUT2D eigenvalue weighted by Gasteiger charge is -2.23. The molecule has 0 saturated heterocycles. The summed E-state index contributed by atoms with van der Waals surface area (Å²) in [5, 5.41) is 0. The molecule has 2 aromatic rings. The minimum absolute atomic E-state index is 0.0727. The molecule has 0 aliphatic heterocycles. The molecule has 0 N–H and O–H groups in total. The Balaban J connectivity index is 2.37. The number of benzene rings is 1. The van der Waals surface area contributed by atoms with E-state index in [1.54, 1.807) is 68.7 Å². The maximum atomic E-state index is 13.4. The number of Topliss-reactive ketones (excluding diaryl/α,β-unsaturated/α-hetero) is 1. The van der Waals surface area contributed by atoms with Crippen LogP contribution in [0.2, 0.25) is 0 Å². The summed E-state index contributed by atoms with van der Waals surface area (Å²) in [6.45, 7) is 10.1. The summed E-state index contributed by atoms with van der Waals surface area (Å²) in [6, 6.07) is 6.92. The molecular weight excluding hydrogens is 408 g/mol. The first kappa shape index (κ1) is 25.2. The van der Waals surface area contributed by atoms with Crippen molar-refractivity contribution in [2.75, 3.05) is 26.8 Å². The number of ketones is 1. The van der Waals surface area contributed by atoms with Gasteiger partial charge < -0.3 is 18.9 Å². The number of rotatable bonds is 10. The second kappa shape index (κ2) is 11.0. The van der Waals surface area contributed by atoms with E-state index in [1.165, 1.54) is 0 Å². The van der Waals surface area contributed by atoms with E-state index in [0.717, 1.165) is 6.42 Å². The molecule has 1 heterocycles. The fourth-order valence-corrected chi connectivity index (χ4v) is 3.73. The van der Waals surface area contributed by atoms with Gasteiger partial charge >= 0.3 is 5.97 Å². The van der Waals surface area contributed by atoms with Crippen molar-refractivity contribution in [2.45, 2.75) is 41.0 Å². The fourth-order valence-electron chi connectivity index (χ4n) is 3.73. The molecule has 2 rings (SSSR count). The highest BCUT2D eigenvalue weighted by atomic mass is 16.5. The lowest BCUT2D eigenvalue weighted by atomic mass is 10.0. The van der Waals surface area contributed by atoms with Gasteiger partial charge in [-0.15, -0.1) is 0 Å². The minimum Gasteiger partial charge on any atom is -0.497 e. The first-order valence-corrected chi connectivity index (χ1v) is 10.9. The molecule has 0 aliphatic rings. The molecule has 1 aromatic heterocycles. The lowest BCUT2D eigenvalue weighted by molar-refractivity contribution is 0.0514. The van der Waals surface area contributed by atoms with Gasteiger partial charge in [0.2, 0.25) is 0 Å². The molecule has 1 aromatic carbocycles. The van der Waals surface area contributed by atoms with E-state index in [9.17, 15) is 14.4 Å². The highest BCUT2D eigenvalue weighted by Crippen LogP contribution is 2.24. The largest absolute Gasteiger partial charge is 0.497 e. The van der Waals surface area contributed by atoms with Gasteiger partial charge in [-0.05, 0) is 56.9 Å². The number of amides is 1. The zero-order chi connectivity index (χ0) is 24.0. The SMILES string of the molecule is CCOC(=O)c1c(C)c(C(=O)CN(CCC(C)C)C(=O)c2cccc(OC)c2)c(C)n1C. The Bertz CT molecular complexity index is 990. The summed E-state index contributed by atoms with van der Waals surface area (Å²) in [4.78, 5) is 40.6. The van der Waals surface area contributed by atoms with Crippen LogP contribution in [0, 0.1) is 19.8 Å². The van der Waals surface area contributed by atoms with Crippen LogP contribution in [-0.2, 0) is 11.8 Å². The molecule has 0 saturated carbocycles. The van der Waals surface area contributed by atoms with Gasteiger partial charge in [-0.3, -0.25) is 9.59 Å². The van der Waals surface area contributed by atoms with Gasteiger partial charge in [-0.25, -0.2) is 4.79 Å². The number of esters is 1. The fraction of sp³-hybridized carbons (Fsp3) is 0.480. The predicted octanol–water partition coefficient (Wildman–Crippen LogP) is 4.20. The Morgan fingerprint density at radius 2 is 1.84 bits per heavy atom. The quantitative estimate of drug-likeness (QED) is 0.407. The van der Waals surface area contributed by atoms with Gasteiger partial charge in [0, 0.05) is 30.4 Å². The molecule has 0 bridgehead atoms. The zero-order valence-electron chi connectivity index (χ0n) is 20.2. The molecule has 174 valence electrons. The van der Waals surface area contributed by atoms with Crippen molar-refractivity contribution >= 4 is 17.7 Å². The topological polar surface area (TPSA) is 77.8 Å². The van der Waals surface area contributed by atoms with Gasteiger partial charge in [0.1, 0.15) is 11.4 Å². The Labute approximate surface area is 190 Å². The second-order valence-corrected chi connectivity index (χ2v) is 8.28. The smallest absolute Gasteiger partial charge is 0.355 e. The maximum Gasteiger partial charge on any atom is 0.355 e. The average Bonchev–Trinajstić information content (AvgIpc) is 2.98. The average molecular weight is 443 g/mol. The number of hydrogen-bond acceptors (Lipinski definition) is 5. The van der Waals surface area contributed by atoms with Crippen LogP contribution in [0.15, 0.2) is 24.3 Å². The number of carbonyl (C=O) groups excluding carboxylic acids is 3. The molecule has 32 heavy (non-hydrogen) atoms. The second-order valence-electron chi connectivity index (χ2n) is 8.28. The zero-order valence-corrected chi connectivity index (χ0v) is 20.2. The van der Waals surface area contributed by atoms with Gasteiger partial charge in [0.15, 0.2) is 5.78 Å². The molecule has 7 nitrogen and oxygen atoms in total. The van der Waals surface area contributed by atoms with Crippen LogP contribution in [0.1, 0.15) is 69.7 Å². The highest BCUT2D eigenvalue weighted by molar-refractivity contribution is 6.06. The van der Waals surface area contributed by atoms with Crippen LogP contribution in [0.5, 0.6) is 5.75 Å². The summed E-state index contributed by atoms with van der Waals surface area (Å²) in [7, 11) is 3.29. The van der Waals surface area contributed by atoms with E-state index in [1.807, 2.05) is 0 Å². The third kappa shape index (κ3) is 5.58. The Morgan fingerprint density at radius 3 is 2.44 bits per heavy atom.